The van der Waals surface area contributed by atoms with Crippen molar-refractivity contribution in [2.24, 2.45) is 5.92 Å². The van der Waals surface area contributed by atoms with Gasteiger partial charge in [0.15, 0.2) is 5.13 Å². The highest BCUT2D eigenvalue weighted by atomic mass is 35.5. The minimum atomic E-state index is -0.951. The van der Waals surface area contributed by atoms with E-state index in [0.29, 0.717) is 26.8 Å². The van der Waals surface area contributed by atoms with Crippen molar-refractivity contribution in [3.8, 4) is 0 Å². The van der Waals surface area contributed by atoms with Crippen LogP contribution in [-0.4, -0.2) is 22.0 Å². The molecule has 1 aliphatic rings. The van der Waals surface area contributed by atoms with E-state index in [4.69, 9.17) is 28.3 Å². The van der Waals surface area contributed by atoms with Gasteiger partial charge in [0.2, 0.25) is 5.91 Å². The highest BCUT2D eigenvalue weighted by Crippen LogP contribution is 2.36. The Morgan fingerprint density at radius 2 is 1.96 bits per heavy atom. The second-order valence-corrected chi connectivity index (χ2v) is 8.49. The van der Waals surface area contributed by atoms with E-state index in [1.807, 2.05) is 6.07 Å². The van der Waals surface area contributed by atoms with Gasteiger partial charge in [-0.25, -0.2) is 4.98 Å². The summed E-state index contributed by atoms with van der Waals surface area (Å²) in [6.07, 6.45) is 5.24. The van der Waals surface area contributed by atoms with E-state index in [0.717, 1.165) is 24.8 Å². The number of carboxylic acids is 1. The number of hydrogen-bond acceptors (Lipinski definition) is 4. The summed E-state index contributed by atoms with van der Waals surface area (Å²) in [4.78, 5) is 28.0. The lowest BCUT2D eigenvalue weighted by atomic mass is 9.87. The Balaban J connectivity index is 0.00000280. The largest absolute Gasteiger partial charge is 0.481 e. The molecule has 1 aliphatic carbocycles. The second kappa shape index (κ2) is 10.2. The molecule has 1 saturated carbocycles. The van der Waals surface area contributed by atoms with Gasteiger partial charge in [-0.1, -0.05) is 62.4 Å². The zero-order valence-corrected chi connectivity index (χ0v) is 16.9. The number of aromatic nitrogens is 1. The number of nitrogens with one attached hydrogen (secondary N) is 1. The van der Waals surface area contributed by atoms with E-state index < -0.39 is 5.97 Å². The highest BCUT2D eigenvalue weighted by Gasteiger charge is 2.27. The van der Waals surface area contributed by atoms with Crippen LogP contribution in [0.2, 0.25) is 10.0 Å². The van der Waals surface area contributed by atoms with Crippen molar-refractivity contribution in [1.29, 1.82) is 0 Å². The fourth-order valence-corrected chi connectivity index (χ4v) is 4.52. The fourth-order valence-electron chi connectivity index (χ4n) is 3.50. The van der Waals surface area contributed by atoms with Crippen LogP contribution in [0.5, 0.6) is 0 Å². The Morgan fingerprint density at radius 1 is 1.25 bits per heavy atom. The van der Waals surface area contributed by atoms with Crippen molar-refractivity contribution in [2.75, 3.05) is 5.32 Å². The predicted molar refractivity (Wildman–Crippen MR) is 115 cm³/mol. The number of carbonyl (C=O) groups is 2. The average molecular weight is 443 g/mol. The van der Waals surface area contributed by atoms with Gasteiger partial charge < -0.3 is 10.4 Å². The maximum absolute atomic E-state index is 13.0. The maximum Gasteiger partial charge on any atom is 0.309 e. The maximum atomic E-state index is 13.0. The van der Waals surface area contributed by atoms with E-state index in [-0.39, 0.29) is 25.7 Å². The Hall–Kier alpha value is -1.63. The van der Waals surface area contributed by atoms with Crippen molar-refractivity contribution in [3.63, 3.8) is 0 Å². The fraction of sp³-hybridized carbons (Fsp3) is 0.450. The van der Waals surface area contributed by atoms with E-state index >= 15 is 0 Å². The Morgan fingerprint density at radius 3 is 2.61 bits per heavy atom. The topological polar surface area (TPSA) is 79.3 Å². The Bertz CT molecular complexity index is 835. The van der Waals surface area contributed by atoms with Gasteiger partial charge in [0.05, 0.1) is 28.1 Å². The summed E-state index contributed by atoms with van der Waals surface area (Å²) >= 11 is 13.4. The molecule has 152 valence electrons. The van der Waals surface area contributed by atoms with Crippen LogP contribution in [0.15, 0.2) is 23.6 Å². The van der Waals surface area contributed by atoms with Crippen molar-refractivity contribution in [2.45, 2.75) is 51.9 Å². The summed E-state index contributed by atoms with van der Waals surface area (Å²) in [7, 11) is 0. The second-order valence-electron chi connectivity index (χ2n) is 6.82. The van der Waals surface area contributed by atoms with Gasteiger partial charge in [-0.2, -0.15) is 0 Å². The molecule has 0 saturated heterocycles. The molecule has 1 atom stereocenters. The molecule has 28 heavy (non-hydrogen) atoms. The number of hydrogen-bond donors (Lipinski definition) is 2. The van der Waals surface area contributed by atoms with Gasteiger partial charge in [-0.15, -0.1) is 11.3 Å². The molecule has 1 aromatic carbocycles. The van der Waals surface area contributed by atoms with Crippen LogP contribution in [0.1, 0.15) is 56.7 Å². The van der Waals surface area contributed by atoms with Gasteiger partial charge in [-0.05, 0) is 30.0 Å². The van der Waals surface area contributed by atoms with Gasteiger partial charge >= 0.3 is 5.97 Å². The summed E-state index contributed by atoms with van der Waals surface area (Å²) in [6.45, 7) is 0. The van der Waals surface area contributed by atoms with Crippen LogP contribution in [0.3, 0.4) is 0 Å². The minimum absolute atomic E-state index is 0. The van der Waals surface area contributed by atoms with Gasteiger partial charge in [0, 0.05) is 5.38 Å². The summed E-state index contributed by atoms with van der Waals surface area (Å²) < 4.78 is 0. The molecular weight excluding hydrogens is 419 g/mol. The number of nitrogens with zero attached hydrogens (tertiary/aromatic N) is 1. The van der Waals surface area contributed by atoms with Crippen molar-refractivity contribution < 1.29 is 14.7 Å². The van der Waals surface area contributed by atoms with Crippen LogP contribution in [0, 0.1) is 5.92 Å². The first-order chi connectivity index (χ1) is 12.9. The van der Waals surface area contributed by atoms with Crippen molar-refractivity contribution >= 4 is 51.5 Å². The number of anilines is 1. The summed E-state index contributed by atoms with van der Waals surface area (Å²) in [5.74, 6) is -0.951. The molecule has 2 N–H and O–H groups in total. The van der Waals surface area contributed by atoms with Gasteiger partial charge in [-0.3, -0.25) is 9.59 Å². The molecule has 1 aromatic heterocycles. The summed E-state index contributed by atoms with van der Waals surface area (Å²) in [6, 6.07) is 5.30. The third-order valence-corrected chi connectivity index (χ3v) is 6.37. The first-order valence-electron chi connectivity index (χ1n) is 8.84. The lowest BCUT2D eigenvalue weighted by Crippen LogP contribution is -2.23. The zero-order valence-electron chi connectivity index (χ0n) is 14.6. The molecule has 0 spiro atoms. The van der Waals surface area contributed by atoms with Crippen molar-refractivity contribution in [1.82, 2.24) is 4.98 Å². The van der Waals surface area contributed by atoms with Gasteiger partial charge in [0.1, 0.15) is 0 Å². The molecule has 1 fully saturated rings. The molecule has 8 heteroatoms. The van der Waals surface area contributed by atoms with Crippen LogP contribution in [-0.2, 0) is 16.0 Å². The molecule has 5 nitrogen and oxygen atoms in total. The highest BCUT2D eigenvalue weighted by molar-refractivity contribution is 7.13. The smallest absolute Gasteiger partial charge is 0.309 e. The van der Waals surface area contributed by atoms with Crippen LogP contribution >= 0.6 is 34.5 Å². The molecule has 2 aromatic rings. The lowest BCUT2D eigenvalue weighted by molar-refractivity contribution is -0.136. The average Bonchev–Trinajstić information content (AvgIpc) is 3.27. The number of carboxylic acid groups (broad SMARTS) is 1. The van der Waals surface area contributed by atoms with Crippen LogP contribution in [0.4, 0.5) is 5.13 Å². The first-order valence-corrected chi connectivity index (χ1v) is 10.5. The van der Waals surface area contributed by atoms with Crippen LogP contribution < -0.4 is 5.32 Å². The SMILES string of the molecule is C.O=C(O)Cc1csc(NC(=O)C(CC2CCCC2)c2ccc(Cl)c(Cl)c2)n1. The first kappa shape index (κ1) is 22.7. The minimum Gasteiger partial charge on any atom is -0.481 e. The molecule has 1 amide bonds. The Labute approximate surface area is 179 Å². The normalized spacial score (nSPS) is 15.1. The quantitative estimate of drug-likeness (QED) is 0.549. The summed E-state index contributed by atoms with van der Waals surface area (Å²) in [5.41, 5.74) is 1.26. The summed E-state index contributed by atoms with van der Waals surface area (Å²) in [5, 5.41) is 14.6. The molecular formula is C20H24Cl2N2O3S. The number of thiazole rings is 1. The predicted octanol–water partition coefficient (Wildman–Crippen LogP) is 6.02. The number of carbonyl (C=O) groups excluding carboxylic acids is 1. The molecule has 0 bridgehead atoms. The molecule has 1 unspecified atom stereocenters. The Kier molecular flexibility index (Phi) is 8.28. The number of halogens is 2. The molecule has 0 radical (unpaired) electrons. The third kappa shape index (κ3) is 5.93. The number of aliphatic carboxylic acids is 1. The zero-order chi connectivity index (χ0) is 19.4. The van der Waals surface area contributed by atoms with E-state index in [1.165, 1.54) is 24.2 Å². The molecule has 3 rings (SSSR count). The number of benzene rings is 1. The molecule has 0 aliphatic heterocycles. The standard InChI is InChI=1S/C19H20Cl2N2O3S.CH4/c20-15-6-5-12(8-16(15)21)14(7-11-3-1-2-4-11)18(26)23-19-22-13(10-27-19)9-17(24)25;/h5-6,8,10-11,14H,1-4,7,9H2,(H,24,25)(H,22,23,26);1H4. The van der Waals surface area contributed by atoms with E-state index in [9.17, 15) is 9.59 Å². The lowest BCUT2D eigenvalue weighted by Gasteiger charge is -2.20. The van der Waals surface area contributed by atoms with E-state index in [1.54, 1.807) is 17.5 Å². The monoisotopic (exact) mass is 442 g/mol. The number of rotatable bonds is 7. The number of amides is 1. The molecule has 1 heterocycles. The van der Waals surface area contributed by atoms with Crippen molar-refractivity contribution in [3.05, 3.63) is 44.9 Å². The third-order valence-electron chi connectivity index (χ3n) is 4.82. The van der Waals surface area contributed by atoms with Gasteiger partial charge in [0.25, 0.3) is 0 Å². The van der Waals surface area contributed by atoms with Crippen LogP contribution in [0.25, 0.3) is 0 Å². The van der Waals surface area contributed by atoms with E-state index in [2.05, 4.69) is 10.3 Å².